The van der Waals surface area contributed by atoms with Gasteiger partial charge in [0.2, 0.25) is 0 Å². The zero-order valence-corrected chi connectivity index (χ0v) is 30.0. The molecule has 9 rings (SSSR count). The fourth-order valence-corrected chi connectivity index (χ4v) is 8.59. The Hall–Kier alpha value is -6.80. The number of carbonyl (C=O) groups excluding carboxylic acids is 2. The first-order chi connectivity index (χ1) is 26.3. The summed E-state index contributed by atoms with van der Waals surface area (Å²) in [4.78, 5) is 43.2. The van der Waals surface area contributed by atoms with Gasteiger partial charge in [-0.3, -0.25) is 23.6 Å². The zero-order chi connectivity index (χ0) is 37.2. The smallest absolute Gasteiger partial charge is 0.334 e. The van der Waals surface area contributed by atoms with E-state index in [0.717, 1.165) is 33.8 Å². The summed E-state index contributed by atoms with van der Waals surface area (Å²) < 4.78 is 18.5. The number of amides is 2. The highest BCUT2D eigenvalue weighted by Gasteiger charge is 2.43. The summed E-state index contributed by atoms with van der Waals surface area (Å²) in [6, 6.07) is 30.4. The average molecular weight is 717 g/mol. The van der Waals surface area contributed by atoms with Gasteiger partial charge in [-0.1, -0.05) is 48.5 Å². The van der Waals surface area contributed by atoms with Crippen molar-refractivity contribution in [1.82, 2.24) is 23.2 Å². The Balaban J connectivity index is 1.21. The third kappa shape index (κ3) is 4.90. The SMILES string of the molecule is COc1ccc(Cn2c(C#N)c(-c3cn(C4CCC(N5C(=O)c6ccccc6C5=O)C4)c4ccccc34)n(-c3cn(C)c4ccccc34)c2=O)c(OC)c1. The molecule has 54 heavy (non-hydrogen) atoms. The van der Waals surface area contributed by atoms with Crippen LogP contribution in [0.1, 0.15) is 57.3 Å². The lowest BCUT2D eigenvalue weighted by atomic mass is 10.1. The van der Waals surface area contributed by atoms with Crippen LogP contribution in [0.4, 0.5) is 0 Å². The predicted molar refractivity (Wildman–Crippen MR) is 204 cm³/mol. The lowest BCUT2D eigenvalue weighted by Gasteiger charge is -2.22. The third-order valence-electron chi connectivity index (χ3n) is 11.1. The van der Waals surface area contributed by atoms with Crippen molar-refractivity contribution in [2.75, 3.05) is 14.2 Å². The Labute approximate surface area is 310 Å². The number of benzene rings is 4. The fourth-order valence-electron chi connectivity index (χ4n) is 8.59. The molecule has 4 aromatic carbocycles. The minimum atomic E-state index is -0.362. The second-order valence-corrected chi connectivity index (χ2v) is 13.9. The second kappa shape index (κ2) is 12.7. The van der Waals surface area contributed by atoms with Gasteiger partial charge in [-0.25, -0.2) is 4.79 Å². The van der Waals surface area contributed by atoms with E-state index in [1.807, 2.05) is 84.7 Å². The Morgan fingerprint density at radius 1 is 0.759 bits per heavy atom. The highest BCUT2D eigenvalue weighted by atomic mass is 16.5. The second-order valence-electron chi connectivity index (χ2n) is 13.9. The van der Waals surface area contributed by atoms with Gasteiger partial charge in [0.15, 0.2) is 0 Å². The number of methoxy groups -OCH3 is 2. The molecule has 3 aromatic heterocycles. The predicted octanol–water partition coefficient (Wildman–Crippen LogP) is 7.08. The van der Waals surface area contributed by atoms with Gasteiger partial charge >= 0.3 is 5.69 Å². The van der Waals surface area contributed by atoms with E-state index >= 15 is 0 Å². The molecule has 4 heterocycles. The number of para-hydroxylation sites is 2. The van der Waals surface area contributed by atoms with Gasteiger partial charge in [0.25, 0.3) is 11.8 Å². The summed E-state index contributed by atoms with van der Waals surface area (Å²) in [6.45, 7) is 0.0862. The normalized spacial score (nSPS) is 16.7. The number of nitrogens with zero attached hydrogens (tertiary/aromatic N) is 6. The minimum absolute atomic E-state index is 0.0353. The number of hydrogen-bond donors (Lipinski definition) is 0. The van der Waals surface area contributed by atoms with E-state index in [2.05, 4.69) is 10.6 Å². The first kappa shape index (κ1) is 33.1. The van der Waals surface area contributed by atoms with E-state index in [1.54, 1.807) is 49.1 Å². The Morgan fingerprint density at radius 3 is 2.13 bits per heavy atom. The summed E-state index contributed by atoms with van der Waals surface area (Å²) in [7, 11) is 5.09. The molecular formula is C43H36N6O5. The molecule has 2 atom stereocenters. The topological polar surface area (TPSA) is 116 Å². The summed E-state index contributed by atoms with van der Waals surface area (Å²) in [5.41, 5.74) is 5.22. The quantitative estimate of drug-likeness (QED) is 0.155. The Bertz CT molecular complexity index is 2740. The van der Waals surface area contributed by atoms with Crippen LogP contribution >= 0.6 is 0 Å². The molecular weight excluding hydrogens is 681 g/mol. The molecule has 1 aliphatic carbocycles. The van der Waals surface area contributed by atoms with Crippen molar-refractivity contribution < 1.29 is 19.1 Å². The lowest BCUT2D eigenvalue weighted by Crippen LogP contribution is -2.38. The molecule has 1 fully saturated rings. The van der Waals surface area contributed by atoms with Crippen LogP contribution in [0.25, 0.3) is 38.8 Å². The molecule has 2 aliphatic rings. The van der Waals surface area contributed by atoms with Crippen molar-refractivity contribution in [2.24, 2.45) is 7.05 Å². The molecule has 268 valence electrons. The van der Waals surface area contributed by atoms with Crippen LogP contribution in [0, 0.1) is 11.3 Å². The molecule has 11 nitrogen and oxygen atoms in total. The largest absolute Gasteiger partial charge is 0.497 e. The molecule has 0 spiro atoms. The van der Waals surface area contributed by atoms with Crippen molar-refractivity contribution in [1.29, 1.82) is 5.26 Å². The fraction of sp³-hybridized carbons (Fsp3) is 0.209. The number of carbonyl (C=O) groups is 2. The van der Waals surface area contributed by atoms with Crippen LogP contribution in [0.5, 0.6) is 11.5 Å². The monoisotopic (exact) mass is 716 g/mol. The van der Waals surface area contributed by atoms with Crippen LogP contribution in [-0.4, -0.2) is 55.2 Å². The Morgan fingerprint density at radius 2 is 1.43 bits per heavy atom. The standard InChI is InChI=1S/C43H36N6O5/c1-45-25-38(33-13-7-8-14-35(33)45)49-40(37(22-44)47(43(49)52)23-26-16-19-29(53-2)21-39(26)54-3)34-24-46(36-15-9-6-10-30(34)36)27-17-18-28(20-27)48-41(50)31-11-4-5-12-32(31)42(48)51/h4-16,19,21,24-25,27-28H,17-18,20,23H2,1-3H3. The van der Waals surface area contributed by atoms with Crippen LogP contribution in [0.15, 0.2) is 108 Å². The summed E-state index contributed by atoms with van der Waals surface area (Å²) in [5, 5.41) is 12.7. The number of ether oxygens (including phenoxy) is 2. The maximum Gasteiger partial charge on any atom is 0.334 e. The van der Waals surface area contributed by atoms with Crippen LogP contribution < -0.4 is 15.2 Å². The molecule has 0 bridgehead atoms. The van der Waals surface area contributed by atoms with E-state index in [4.69, 9.17) is 9.47 Å². The van der Waals surface area contributed by atoms with Gasteiger partial charge in [0.05, 0.1) is 43.3 Å². The van der Waals surface area contributed by atoms with Crippen LogP contribution in [0.2, 0.25) is 0 Å². The van der Waals surface area contributed by atoms with E-state index in [9.17, 15) is 19.6 Å². The average Bonchev–Trinajstić information content (AvgIpc) is 4.01. The lowest BCUT2D eigenvalue weighted by molar-refractivity contribution is 0.0585. The molecule has 0 N–H and O–H groups in total. The number of aryl methyl sites for hydroxylation is 1. The molecule has 0 radical (unpaired) electrons. The maximum atomic E-state index is 14.9. The van der Waals surface area contributed by atoms with Crippen molar-refractivity contribution in [3.63, 3.8) is 0 Å². The minimum Gasteiger partial charge on any atom is -0.497 e. The zero-order valence-electron chi connectivity index (χ0n) is 30.0. The van der Waals surface area contributed by atoms with Gasteiger partial charge in [0, 0.05) is 70.5 Å². The number of rotatable bonds is 8. The first-order valence-electron chi connectivity index (χ1n) is 17.9. The number of nitriles is 1. The summed E-state index contributed by atoms with van der Waals surface area (Å²) in [5.74, 6) is 0.663. The number of aromatic nitrogens is 4. The van der Waals surface area contributed by atoms with Crippen LogP contribution in [0.3, 0.4) is 0 Å². The number of hydrogen-bond acceptors (Lipinski definition) is 6. The highest BCUT2D eigenvalue weighted by Crippen LogP contribution is 2.42. The number of imide groups is 1. The van der Waals surface area contributed by atoms with Gasteiger partial charge in [-0.2, -0.15) is 5.26 Å². The van der Waals surface area contributed by atoms with Crippen molar-refractivity contribution in [3.05, 3.63) is 136 Å². The molecule has 7 aromatic rings. The van der Waals surface area contributed by atoms with E-state index in [-0.39, 0.29) is 41.8 Å². The molecule has 2 unspecified atom stereocenters. The molecule has 1 aliphatic heterocycles. The van der Waals surface area contributed by atoms with Gasteiger partial charge in [-0.15, -0.1) is 0 Å². The van der Waals surface area contributed by atoms with Crippen molar-refractivity contribution in [2.45, 2.75) is 37.9 Å². The van der Waals surface area contributed by atoms with Crippen LogP contribution in [-0.2, 0) is 13.6 Å². The molecule has 2 amide bonds. The summed E-state index contributed by atoms with van der Waals surface area (Å²) in [6.07, 6.45) is 5.97. The van der Waals surface area contributed by atoms with E-state index in [1.165, 1.54) is 9.47 Å². The van der Waals surface area contributed by atoms with Crippen molar-refractivity contribution >= 4 is 33.6 Å². The van der Waals surface area contributed by atoms with Gasteiger partial charge < -0.3 is 18.6 Å². The molecule has 0 saturated heterocycles. The number of fused-ring (bicyclic) bond motifs is 3. The first-order valence-corrected chi connectivity index (χ1v) is 17.9. The maximum absolute atomic E-state index is 14.9. The number of imidazole rings is 1. The van der Waals surface area contributed by atoms with Gasteiger partial charge in [0.1, 0.15) is 23.3 Å². The van der Waals surface area contributed by atoms with E-state index < -0.39 is 0 Å². The molecule has 11 heteroatoms. The third-order valence-corrected chi connectivity index (χ3v) is 11.1. The summed E-state index contributed by atoms with van der Waals surface area (Å²) >= 11 is 0. The Kier molecular flexibility index (Phi) is 7.78. The molecule has 1 saturated carbocycles. The van der Waals surface area contributed by atoms with E-state index in [0.29, 0.717) is 52.4 Å². The van der Waals surface area contributed by atoms with Crippen molar-refractivity contribution in [3.8, 4) is 34.5 Å². The van der Waals surface area contributed by atoms with Gasteiger partial charge in [-0.05, 0) is 55.7 Å². The highest BCUT2D eigenvalue weighted by molar-refractivity contribution is 6.21.